The molecule has 0 aliphatic heterocycles. The molecule has 1 fully saturated rings. The van der Waals surface area contributed by atoms with Crippen molar-refractivity contribution in [2.45, 2.75) is 90.1 Å². The molecule has 0 spiro atoms. The van der Waals surface area contributed by atoms with Gasteiger partial charge in [0.05, 0.1) is 6.10 Å². The van der Waals surface area contributed by atoms with Crippen molar-refractivity contribution in [1.29, 1.82) is 0 Å². The molecule has 0 radical (unpaired) electrons. The second kappa shape index (κ2) is 5.25. The van der Waals surface area contributed by atoms with Crippen molar-refractivity contribution in [3.63, 3.8) is 0 Å². The van der Waals surface area contributed by atoms with Gasteiger partial charge in [0.15, 0.2) is 0 Å². The van der Waals surface area contributed by atoms with E-state index in [-0.39, 0.29) is 23.2 Å². The fraction of sp³-hybridized carbons (Fsp3) is 1.00. The lowest BCUT2D eigenvalue weighted by atomic mass is 9.86. The summed E-state index contributed by atoms with van der Waals surface area (Å²) in [5.41, 5.74) is 0.213. The van der Waals surface area contributed by atoms with Crippen molar-refractivity contribution in [3.8, 4) is 0 Å². The summed E-state index contributed by atoms with van der Waals surface area (Å²) in [5, 5.41) is 17.3. The Morgan fingerprint density at radius 2 is 1.41 bits per heavy atom. The highest BCUT2D eigenvalue weighted by Gasteiger charge is 2.32. The van der Waals surface area contributed by atoms with Gasteiger partial charge in [-0.25, -0.2) is 0 Å². The summed E-state index contributed by atoms with van der Waals surface area (Å²) >= 11 is 0. The average Bonchev–Trinajstić information content (AvgIpc) is 2.05. The van der Waals surface area contributed by atoms with Crippen LogP contribution in [0.15, 0.2) is 0 Å². The standard InChI is InChI=1S/C14H30N2O/c1-13(2,3)15-10-7-8-11(12(17)9-10)16-14(4,5)6/h10-12,15-17H,7-9H2,1-6H3/t10-,11-,12+/m0/s1. The van der Waals surface area contributed by atoms with Gasteiger partial charge >= 0.3 is 0 Å². The Bertz CT molecular complexity index is 240. The fourth-order valence-corrected chi connectivity index (χ4v) is 2.61. The van der Waals surface area contributed by atoms with Crippen LogP contribution in [0.1, 0.15) is 60.8 Å². The number of hydrogen-bond acceptors (Lipinski definition) is 3. The van der Waals surface area contributed by atoms with Crippen molar-refractivity contribution in [1.82, 2.24) is 10.6 Å². The lowest BCUT2D eigenvalue weighted by Gasteiger charge is -2.40. The number of aliphatic hydroxyl groups excluding tert-OH is 1. The summed E-state index contributed by atoms with van der Waals surface area (Å²) in [7, 11) is 0. The molecule has 3 nitrogen and oxygen atoms in total. The highest BCUT2D eigenvalue weighted by atomic mass is 16.3. The molecular weight excluding hydrogens is 212 g/mol. The third kappa shape index (κ3) is 5.84. The van der Waals surface area contributed by atoms with Crippen LogP contribution in [0.25, 0.3) is 0 Å². The Hall–Kier alpha value is -0.120. The number of hydrogen-bond donors (Lipinski definition) is 3. The number of rotatable bonds is 2. The Morgan fingerprint density at radius 3 is 1.82 bits per heavy atom. The molecule has 3 atom stereocenters. The first kappa shape index (κ1) is 14.9. The monoisotopic (exact) mass is 242 g/mol. The van der Waals surface area contributed by atoms with Gasteiger partial charge in [-0.3, -0.25) is 0 Å². The van der Waals surface area contributed by atoms with E-state index in [2.05, 4.69) is 52.2 Å². The zero-order chi connectivity index (χ0) is 13.3. The molecule has 1 aliphatic carbocycles. The van der Waals surface area contributed by atoms with Crippen LogP contribution >= 0.6 is 0 Å². The molecule has 1 rings (SSSR count). The van der Waals surface area contributed by atoms with Crippen molar-refractivity contribution in [2.24, 2.45) is 0 Å². The third-order valence-electron chi connectivity index (χ3n) is 3.07. The maximum Gasteiger partial charge on any atom is 0.0708 e. The van der Waals surface area contributed by atoms with Gasteiger partial charge in [-0.2, -0.15) is 0 Å². The molecule has 1 aliphatic rings. The Kier molecular flexibility index (Phi) is 4.61. The van der Waals surface area contributed by atoms with E-state index >= 15 is 0 Å². The first-order valence-electron chi connectivity index (χ1n) is 6.80. The number of aliphatic hydroxyl groups is 1. The highest BCUT2D eigenvalue weighted by molar-refractivity contribution is 4.92. The van der Waals surface area contributed by atoms with Gasteiger partial charge < -0.3 is 15.7 Å². The molecule has 1 saturated carbocycles. The van der Waals surface area contributed by atoms with Crippen molar-refractivity contribution >= 4 is 0 Å². The second-order valence-electron chi connectivity index (χ2n) is 7.47. The minimum Gasteiger partial charge on any atom is -0.391 e. The molecule has 0 aromatic heterocycles. The van der Waals surface area contributed by atoms with E-state index in [1.807, 2.05) is 0 Å². The van der Waals surface area contributed by atoms with E-state index in [9.17, 15) is 5.11 Å². The zero-order valence-corrected chi connectivity index (χ0v) is 12.3. The fourth-order valence-electron chi connectivity index (χ4n) is 2.61. The largest absolute Gasteiger partial charge is 0.391 e. The molecule has 102 valence electrons. The predicted molar refractivity (Wildman–Crippen MR) is 73.2 cm³/mol. The van der Waals surface area contributed by atoms with Crippen LogP contribution in [0.3, 0.4) is 0 Å². The van der Waals surface area contributed by atoms with E-state index in [1.165, 1.54) is 0 Å². The SMILES string of the molecule is CC(C)(C)N[C@H]1CC[C@H](NC(C)(C)C)[C@H](O)C1. The minimum absolute atomic E-state index is 0.0793. The molecular formula is C14H30N2O. The van der Waals surface area contributed by atoms with Crippen molar-refractivity contribution < 1.29 is 5.11 Å². The molecule has 0 amide bonds. The van der Waals surface area contributed by atoms with E-state index in [0.29, 0.717) is 6.04 Å². The molecule has 0 aromatic carbocycles. The van der Waals surface area contributed by atoms with E-state index in [0.717, 1.165) is 19.3 Å². The van der Waals surface area contributed by atoms with E-state index in [1.54, 1.807) is 0 Å². The van der Waals surface area contributed by atoms with Crippen LogP contribution in [0, 0.1) is 0 Å². The van der Waals surface area contributed by atoms with Gasteiger partial charge in [0.25, 0.3) is 0 Å². The maximum atomic E-state index is 10.2. The normalized spacial score (nSPS) is 31.6. The third-order valence-corrected chi connectivity index (χ3v) is 3.07. The summed E-state index contributed by atoms with van der Waals surface area (Å²) in [4.78, 5) is 0. The van der Waals surface area contributed by atoms with Crippen molar-refractivity contribution in [2.75, 3.05) is 0 Å². The van der Waals surface area contributed by atoms with Crippen LogP contribution in [0.5, 0.6) is 0 Å². The quantitative estimate of drug-likeness (QED) is 0.694. The summed E-state index contributed by atoms with van der Waals surface area (Å²) < 4.78 is 0. The van der Waals surface area contributed by atoms with Crippen LogP contribution < -0.4 is 10.6 Å². The number of nitrogens with one attached hydrogen (secondary N) is 2. The van der Waals surface area contributed by atoms with Crippen LogP contribution in [0.4, 0.5) is 0 Å². The van der Waals surface area contributed by atoms with Gasteiger partial charge in [0, 0.05) is 23.2 Å². The van der Waals surface area contributed by atoms with E-state index in [4.69, 9.17) is 0 Å². The molecule has 17 heavy (non-hydrogen) atoms. The van der Waals surface area contributed by atoms with E-state index < -0.39 is 0 Å². The molecule has 3 heteroatoms. The summed E-state index contributed by atoms with van der Waals surface area (Å²) in [6.45, 7) is 13.0. The van der Waals surface area contributed by atoms with Crippen molar-refractivity contribution in [3.05, 3.63) is 0 Å². The topological polar surface area (TPSA) is 44.3 Å². The predicted octanol–water partition coefficient (Wildman–Crippen LogP) is 2.04. The molecule has 3 N–H and O–H groups in total. The Morgan fingerprint density at radius 1 is 0.882 bits per heavy atom. The van der Waals surface area contributed by atoms with Gasteiger partial charge in [-0.1, -0.05) is 0 Å². The molecule has 0 bridgehead atoms. The lowest BCUT2D eigenvalue weighted by molar-refractivity contribution is 0.0586. The minimum atomic E-state index is -0.233. The maximum absolute atomic E-state index is 10.2. The van der Waals surface area contributed by atoms with Gasteiger partial charge in [-0.15, -0.1) is 0 Å². The van der Waals surface area contributed by atoms with Crippen LogP contribution in [-0.2, 0) is 0 Å². The molecule has 0 heterocycles. The molecule has 0 unspecified atom stereocenters. The van der Waals surface area contributed by atoms with Crippen LogP contribution in [0.2, 0.25) is 0 Å². The first-order chi connectivity index (χ1) is 7.57. The summed E-state index contributed by atoms with van der Waals surface area (Å²) in [5.74, 6) is 0. The van der Waals surface area contributed by atoms with Crippen LogP contribution in [-0.4, -0.2) is 34.4 Å². The molecule has 0 aromatic rings. The highest BCUT2D eigenvalue weighted by Crippen LogP contribution is 2.22. The second-order valence-corrected chi connectivity index (χ2v) is 7.47. The lowest BCUT2D eigenvalue weighted by Crippen LogP contribution is -2.56. The Labute approximate surface area is 106 Å². The van der Waals surface area contributed by atoms with Gasteiger partial charge in [0.2, 0.25) is 0 Å². The average molecular weight is 242 g/mol. The summed E-state index contributed by atoms with van der Waals surface area (Å²) in [6.07, 6.45) is 2.81. The molecule has 0 saturated heterocycles. The zero-order valence-electron chi connectivity index (χ0n) is 12.3. The smallest absolute Gasteiger partial charge is 0.0708 e. The van der Waals surface area contributed by atoms with Gasteiger partial charge in [0.1, 0.15) is 0 Å². The first-order valence-corrected chi connectivity index (χ1v) is 6.80. The Balaban J connectivity index is 2.45. The van der Waals surface area contributed by atoms with Gasteiger partial charge in [-0.05, 0) is 60.8 Å². The summed E-state index contributed by atoms with van der Waals surface area (Å²) in [6, 6.07) is 0.691.